The molecule has 0 saturated carbocycles. The molecular weight excluding hydrogens is 308 g/mol. The van der Waals surface area contributed by atoms with E-state index in [1.165, 1.54) is 4.57 Å². The lowest BCUT2D eigenvalue weighted by Gasteiger charge is -2.07. The van der Waals surface area contributed by atoms with Crippen molar-refractivity contribution in [3.05, 3.63) is 39.3 Å². The number of nitrogens with zero attached hydrogens (tertiary/aromatic N) is 3. The summed E-state index contributed by atoms with van der Waals surface area (Å²) < 4.78 is 8.43. The van der Waals surface area contributed by atoms with Gasteiger partial charge in [0.15, 0.2) is 11.2 Å². The Balaban J connectivity index is 0.00000123. The number of aromatic amines is 1. The summed E-state index contributed by atoms with van der Waals surface area (Å²) in [5, 5.41) is 0. The van der Waals surface area contributed by atoms with Gasteiger partial charge in [-0.3, -0.25) is 14.3 Å². The van der Waals surface area contributed by atoms with E-state index in [1.807, 2.05) is 34.6 Å². The van der Waals surface area contributed by atoms with Gasteiger partial charge in [0, 0.05) is 13.2 Å². The molecule has 0 fully saturated rings. The highest BCUT2D eigenvalue weighted by molar-refractivity contribution is 5.70. The number of nitrogens with one attached hydrogen (secondary N) is 1. The molecule has 0 radical (unpaired) electrons. The van der Waals surface area contributed by atoms with Crippen LogP contribution in [0.5, 0.6) is 0 Å². The fourth-order valence-electron chi connectivity index (χ4n) is 2.05. The minimum Gasteiger partial charge on any atom is -0.361 e. The highest BCUT2D eigenvalue weighted by Crippen LogP contribution is 2.10. The third-order valence-corrected chi connectivity index (χ3v) is 2.96. The van der Waals surface area contributed by atoms with E-state index in [0.717, 1.165) is 6.42 Å². The molecule has 0 bridgehead atoms. The molecule has 0 aromatic carbocycles. The molecule has 136 valence electrons. The van der Waals surface area contributed by atoms with Crippen LogP contribution in [0.3, 0.4) is 0 Å². The fourth-order valence-corrected chi connectivity index (χ4v) is 2.05. The monoisotopic (exact) mass is 338 g/mol. The van der Waals surface area contributed by atoms with Gasteiger partial charge in [-0.25, -0.2) is 9.78 Å². The Bertz CT molecular complexity index is 741. The van der Waals surface area contributed by atoms with Gasteiger partial charge >= 0.3 is 5.69 Å². The second-order valence-electron chi connectivity index (χ2n) is 4.46. The zero-order valence-corrected chi connectivity index (χ0v) is 15.7. The number of hydrogen-bond acceptors (Lipinski definition) is 4. The summed E-state index contributed by atoms with van der Waals surface area (Å²) in [4.78, 5) is 30.5. The van der Waals surface area contributed by atoms with Crippen molar-refractivity contribution in [1.29, 1.82) is 0 Å². The largest absolute Gasteiger partial charge is 0.361 e. The molecule has 2 heterocycles. The lowest BCUT2D eigenvalue weighted by molar-refractivity contribution is 0.0769. The Labute approximate surface area is 143 Å². The van der Waals surface area contributed by atoms with Gasteiger partial charge in [0.1, 0.15) is 12.6 Å². The molecule has 0 amide bonds. The molecule has 0 atom stereocenters. The smallest absolute Gasteiger partial charge is 0.332 e. The van der Waals surface area contributed by atoms with Gasteiger partial charge in [0.05, 0.1) is 0 Å². The number of fused-ring (bicyclic) bond motifs is 1. The number of hydrogen-bond donors (Lipinski definition) is 1. The molecule has 0 saturated heterocycles. The van der Waals surface area contributed by atoms with Crippen LogP contribution in [0, 0.1) is 6.92 Å². The molecule has 0 unspecified atom stereocenters. The maximum atomic E-state index is 12.0. The molecule has 0 aliphatic heterocycles. The summed E-state index contributed by atoms with van der Waals surface area (Å²) in [5.41, 5.74) is -0.252. The van der Waals surface area contributed by atoms with Crippen molar-refractivity contribution in [1.82, 2.24) is 19.1 Å². The number of aryl methyl sites for hydroxylation is 1. The van der Waals surface area contributed by atoms with Gasteiger partial charge in [-0.05, 0) is 13.3 Å². The number of imidazole rings is 1. The van der Waals surface area contributed by atoms with Crippen LogP contribution in [0.15, 0.2) is 22.2 Å². The zero-order valence-electron chi connectivity index (χ0n) is 15.7. The van der Waals surface area contributed by atoms with Gasteiger partial charge in [0.25, 0.3) is 5.56 Å². The molecule has 0 aliphatic rings. The first-order valence-corrected chi connectivity index (χ1v) is 8.48. The van der Waals surface area contributed by atoms with Gasteiger partial charge in [0.2, 0.25) is 0 Å². The van der Waals surface area contributed by atoms with Crippen LogP contribution in [-0.4, -0.2) is 25.7 Å². The first-order chi connectivity index (χ1) is 11.6. The molecule has 24 heavy (non-hydrogen) atoms. The van der Waals surface area contributed by atoms with Gasteiger partial charge < -0.3 is 9.30 Å². The van der Waals surface area contributed by atoms with Gasteiger partial charge in [-0.2, -0.15) is 0 Å². The first-order valence-electron chi connectivity index (χ1n) is 8.48. The fraction of sp³-hybridized carbons (Fsp3) is 0.588. The Hall–Kier alpha value is -2.15. The minimum absolute atomic E-state index is 0.0739. The van der Waals surface area contributed by atoms with E-state index in [-0.39, 0.29) is 6.73 Å². The maximum Gasteiger partial charge on any atom is 0.332 e. The molecule has 0 aliphatic carbocycles. The molecule has 2 aromatic rings. The first kappa shape index (κ1) is 21.9. The Morgan fingerprint density at radius 1 is 1.21 bits per heavy atom. The highest BCUT2D eigenvalue weighted by atomic mass is 16.5. The van der Waals surface area contributed by atoms with Crippen LogP contribution in [-0.2, 0) is 18.0 Å². The van der Waals surface area contributed by atoms with Crippen molar-refractivity contribution in [3.63, 3.8) is 0 Å². The van der Waals surface area contributed by atoms with Crippen LogP contribution in [0.4, 0.5) is 0 Å². The van der Waals surface area contributed by atoms with Crippen LogP contribution >= 0.6 is 0 Å². The lowest BCUT2D eigenvalue weighted by atomic mass is 10.5. The quantitative estimate of drug-likeness (QED) is 0.648. The summed E-state index contributed by atoms with van der Waals surface area (Å²) >= 11 is 0. The number of aromatic nitrogens is 4. The predicted octanol–water partition coefficient (Wildman–Crippen LogP) is 2.82. The van der Waals surface area contributed by atoms with Crippen molar-refractivity contribution in [2.24, 2.45) is 0 Å². The van der Waals surface area contributed by atoms with Crippen molar-refractivity contribution in [3.8, 4) is 0 Å². The topological polar surface area (TPSA) is 81.9 Å². The second-order valence-corrected chi connectivity index (χ2v) is 4.46. The number of ether oxygens (including phenoxy) is 1. The lowest BCUT2D eigenvalue weighted by Crippen LogP contribution is -2.31. The van der Waals surface area contributed by atoms with Crippen molar-refractivity contribution in [2.75, 3.05) is 6.61 Å². The Morgan fingerprint density at radius 2 is 1.83 bits per heavy atom. The van der Waals surface area contributed by atoms with E-state index in [2.05, 4.69) is 16.5 Å². The van der Waals surface area contributed by atoms with Crippen molar-refractivity contribution < 1.29 is 4.74 Å². The third-order valence-electron chi connectivity index (χ3n) is 2.96. The second kappa shape index (κ2) is 11.4. The summed E-state index contributed by atoms with van der Waals surface area (Å²) in [6.07, 6.45) is 2.53. The summed E-state index contributed by atoms with van der Waals surface area (Å²) in [7, 11) is 0. The summed E-state index contributed by atoms with van der Waals surface area (Å²) in [6, 6.07) is 0. The van der Waals surface area contributed by atoms with Gasteiger partial charge in [-0.15, -0.1) is 6.58 Å². The van der Waals surface area contributed by atoms with Crippen LogP contribution in [0.1, 0.15) is 46.9 Å². The molecule has 1 N–H and O–H groups in total. The Kier molecular flexibility index (Phi) is 10.4. The van der Waals surface area contributed by atoms with E-state index >= 15 is 0 Å². The van der Waals surface area contributed by atoms with E-state index in [9.17, 15) is 9.59 Å². The number of H-pyrrole nitrogens is 1. The van der Waals surface area contributed by atoms with Crippen LogP contribution < -0.4 is 11.2 Å². The summed E-state index contributed by atoms with van der Waals surface area (Å²) in [6.45, 7) is 16.5. The van der Waals surface area contributed by atoms with E-state index in [1.54, 1.807) is 17.6 Å². The maximum absolute atomic E-state index is 12.0. The zero-order chi connectivity index (χ0) is 18.7. The summed E-state index contributed by atoms with van der Waals surface area (Å²) in [5.74, 6) is 0.653. The normalized spacial score (nSPS) is 9.75. The molecule has 7 nitrogen and oxygen atoms in total. The van der Waals surface area contributed by atoms with Gasteiger partial charge in [-0.1, -0.05) is 40.7 Å². The van der Waals surface area contributed by atoms with Crippen LogP contribution in [0.25, 0.3) is 11.2 Å². The average Bonchev–Trinajstić information content (AvgIpc) is 2.92. The third kappa shape index (κ3) is 4.92. The molecule has 2 rings (SSSR count). The predicted molar refractivity (Wildman–Crippen MR) is 98.5 cm³/mol. The highest BCUT2D eigenvalue weighted by Gasteiger charge is 2.15. The molecule has 7 heteroatoms. The van der Waals surface area contributed by atoms with E-state index in [4.69, 9.17) is 4.74 Å². The van der Waals surface area contributed by atoms with Crippen LogP contribution in [0.2, 0.25) is 0 Å². The van der Waals surface area contributed by atoms with Crippen molar-refractivity contribution >= 4 is 11.2 Å². The number of rotatable bonds is 6. The minimum atomic E-state index is -0.512. The van der Waals surface area contributed by atoms with E-state index in [0.29, 0.717) is 30.1 Å². The van der Waals surface area contributed by atoms with E-state index < -0.39 is 11.2 Å². The molecule has 2 aromatic heterocycles. The number of allylic oxidation sites excluding steroid dienone is 1. The average molecular weight is 338 g/mol. The molecule has 0 spiro atoms. The Morgan fingerprint density at radius 3 is 2.38 bits per heavy atom. The van der Waals surface area contributed by atoms with Crippen molar-refractivity contribution in [2.45, 2.75) is 61.2 Å². The molecular formula is C17H30N4O3. The standard InChI is InChI=1S/C13H18N4O3.2C2H6/c1-4-6-16-9(3)14-11-10(16)12(18)15-13(19)17(11)8-20-7-5-2;2*1-2/h4H,1,5-8H2,2-3H3,(H,15,18,19);2*1-2H3. The SMILES string of the molecule is C=CCn1c(C)nc2c1c(=O)[nH]c(=O)n2COCCC.CC.CC.